The van der Waals surface area contributed by atoms with Crippen molar-refractivity contribution in [1.29, 1.82) is 0 Å². The van der Waals surface area contributed by atoms with Crippen molar-refractivity contribution in [3.8, 4) is 0 Å². The fourth-order valence-corrected chi connectivity index (χ4v) is 4.19. The summed E-state index contributed by atoms with van der Waals surface area (Å²) in [6.45, 7) is 2.26. The summed E-state index contributed by atoms with van der Waals surface area (Å²) in [5, 5.41) is 10.2. The number of hydrogen-bond acceptors (Lipinski definition) is 1. The van der Waals surface area contributed by atoms with Gasteiger partial charge in [0.25, 0.3) is 0 Å². The maximum Gasteiger partial charge on any atom is 0.0664 e. The Morgan fingerprint density at radius 2 is 2.15 bits per heavy atom. The molecule has 13 heavy (non-hydrogen) atoms. The summed E-state index contributed by atoms with van der Waals surface area (Å²) in [7, 11) is 0. The third-order valence-electron chi connectivity index (χ3n) is 4.85. The van der Waals surface area contributed by atoms with Gasteiger partial charge in [-0.3, -0.25) is 0 Å². The Balaban J connectivity index is 2.06. The molecule has 0 spiro atoms. The SMILES string of the molecule is CC12C=CCC(C3CCCC31)C2O. The molecule has 0 amide bonds. The molecule has 1 heteroatoms. The molecule has 1 N–H and O–H groups in total. The second kappa shape index (κ2) is 2.38. The molecule has 0 aromatic heterocycles. The van der Waals surface area contributed by atoms with Gasteiger partial charge >= 0.3 is 0 Å². The van der Waals surface area contributed by atoms with E-state index in [1.165, 1.54) is 19.3 Å². The Hall–Kier alpha value is -0.300. The van der Waals surface area contributed by atoms with Gasteiger partial charge in [-0.25, -0.2) is 0 Å². The van der Waals surface area contributed by atoms with Gasteiger partial charge in [0.2, 0.25) is 0 Å². The highest BCUT2D eigenvalue weighted by Crippen LogP contribution is 2.60. The lowest BCUT2D eigenvalue weighted by molar-refractivity contribution is 0.0383. The van der Waals surface area contributed by atoms with Gasteiger partial charge in [0.15, 0.2) is 0 Å². The van der Waals surface area contributed by atoms with Crippen LogP contribution in [0.5, 0.6) is 0 Å². The lowest BCUT2D eigenvalue weighted by atomic mass is 9.74. The van der Waals surface area contributed by atoms with Gasteiger partial charge in [-0.15, -0.1) is 0 Å². The maximum absolute atomic E-state index is 10.2. The number of rotatable bonds is 0. The van der Waals surface area contributed by atoms with E-state index in [0.29, 0.717) is 5.92 Å². The van der Waals surface area contributed by atoms with E-state index in [4.69, 9.17) is 0 Å². The van der Waals surface area contributed by atoms with Crippen molar-refractivity contribution in [2.75, 3.05) is 0 Å². The Morgan fingerprint density at radius 3 is 3.00 bits per heavy atom. The summed E-state index contributed by atoms with van der Waals surface area (Å²) in [6.07, 6.45) is 9.77. The lowest BCUT2D eigenvalue weighted by Crippen LogP contribution is -2.34. The first-order valence-corrected chi connectivity index (χ1v) is 5.59. The van der Waals surface area contributed by atoms with Crippen LogP contribution in [0.3, 0.4) is 0 Å². The van der Waals surface area contributed by atoms with Crippen LogP contribution in [0.4, 0.5) is 0 Å². The molecule has 0 saturated heterocycles. The third-order valence-corrected chi connectivity index (χ3v) is 4.85. The Kier molecular flexibility index (Phi) is 1.48. The highest BCUT2D eigenvalue weighted by atomic mass is 16.3. The van der Waals surface area contributed by atoms with Crippen molar-refractivity contribution in [2.24, 2.45) is 23.2 Å². The molecule has 5 atom stereocenters. The molecule has 72 valence electrons. The van der Waals surface area contributed by atoms with Crippen molar-refractivity contribution in [3.63, 3.8) is 0 Å². The number of hydrogen-bond donors (Lipinski definition) is 1. The van der Waals surface area contributed by atoms with E-state index in [9.17, 15) is 5.11 Å². The minimum absolute atomic E-state index is 0.0483. The van der Waals surface area contributed by atoms with Gasteiger partial charge in [-0.1, -0.05) is 25.5 Å². The monoisotopic (exact) mass is 178 g/mol. The zero-order valence-corrected chi connectivity index (χ0v) is 8.24. The predicted molar refractivity (Wildman–Crippen MR) is 52.2 cm³/mol. The van der Waals surface area contributed by atoms with Gasteiger partial charge in [0.1, 0.15) is 0 Å². The van der Waals surface area contributed by atoms with Crippen molar-refractivity contribution >= 4 is 0 Å². The first-order chi connectivity index (χ1) is 6.23. The Bertz CT molecular complexity index is 258. The molecule has 5 unspecified atom stereocenters. The van der Waals surface area contributed by atoms with Crippen LogP contribution in [0.2, 0.25) is 0 Å². The molecule has 1 nitrogen and oxygen atoms in total. The molecular formula is C12H18O. The molecule has 3 rings (SSSR count). The van der Waals surface area contributed by atoms with Crippen LogP contribution in [0.25, 0.3) is 0 Å². The molecule has 0 heterocycles. The van der Waals surface area contributed by atoms with Crippen LogP contribution in [0, 0.1) is 23.2 Å². The van der Waals surface area contributed by atoms with Crippen LogP contribution in [0.1, 0.15) is 32.6 Å². The van der Waals surface area contributed by atoms with Gasteiger partial charge in [-0.05, 0) is 37.0 Å². The van der Waals surface area contributed by atoms with E-state index in [0.717, 1.165) is 18.3 Å². The molecule has 3 aliphatic carbocycles. The normalized spacial score (nSPS) is 58.3. The highest BCUT2D eigenvalue weighted by molar-refractivity contribution is 5.19. The van der Waals surface area contributed by atoms with Crippen LogP contribution < -0.4 is 0 Å². The van der Waals surface area contributed by atoms with Gasteiger partial charge in [0, 0.05) is 5.41 Å². The molecule has 2 saturated carbocycles. The lowest BCUT2D eigenvalue weighted by Gasteiger charge is -2.33. The first kappa shape index (κ1) is 8.05. The van der Waals surface area contributed by atoms with Crippen LogP contribution in [0.15, 0.2) is 12.2 Å². The number of aliphatic hydroxyl groups is 1. The number of allylic oxidation sites excluding steroid dienone is 1. The summed E-state index contributed by atoms with van der Waals surface area (Å²) < 4.78 is 0. The van der Waals surface area contributed by atoms with Crippen LogP contribution >= 0.6 is 0 Å². The summed E-state index contributed by atoms with van der Waals surface area (Å²) in [6, 6.07) is 0. The fourth-order valence-electron chi connectivity index (χ4n) is 4.19. The first-order valence-electron chi connectivity index (χ1n) is 5.59. The largest absolute Gasteiger partial charge is 0.392 e. The topological polar surface area (TPSA) is 20.2 Å². The van der Waals surface area contributed by atoms with E-state index >= 15 is 0 Å². The average molecular weight is 178 g/mol. The van der Waals surface area contributed by atoms with Crippen molar-refractivity contribution < 1.29 is 5.11 Å². The number of fused-ring (bicyclic) bond motifs is 5. The zero-order chi connectivity index (χ0) is 9.05. The molecule has 2 fully saturated rings. The average Bonchev–Trinajstić information content (AvgIpc) is 2.61. The summed E-state index contributed by atoms with van der Waals surface area (Å²) in [4.78, 5) is 0. The van der Waals surface area contributed by atoms with E-state index in [1.54, 1.807) is 0 Å². The quantitative estimate of drug-likeness (QED) is 0.565. The smallest absolute Gasteiger partial charge is 0.0664 e. The maximum atomic E-state index is 10.2. The second-order valence-corrected chi connectivity index (χ2v) is 5.31. The van der Waals surface area contributed by atoms with Crippen LogP contribution in [-0.2, 0) is 0 Å². The third kappa shape index (κ3) is 0.817. The Labute approximate surface area is 79.8 Å². The van der Waals surface area contributed by atoms with E-state index in [1.807, 2.05) is 0 Å². The van der Waals surface area contributed by atoms with Crippen molar-refractivity contribution in [3.05, 3.63) is 12.2 Å². The number of aliphatic hydroxyl groups excluding tert-OH is 1. The highest BCUT2D eigenvalue weighted by Gasteiger charge is 2.57. The van der Waals surface area contributed by atoms with Gasteiger partial charge in [0.05, 0.1) is 6.10 Å². The van der Waals surface area contributed by atoms with E-state index in [2.05, 4.69) is 19.1 Å². The van der Waals surface area contributed by atoms with Crippen LogP contribution in [-0.4, -0.2) is 11.2 Å². The summed E-state index contributed by atoms with van der Waals surface area (Å²) in [5.41, 5.74) is 0.129. The summed E-state index contributed by atoms with van der Waals surface area (Å²) >= 11 is 0. The van der Waals surface area contributed by atoms with Crippen molar-refractivity contribution in [2.45, 2.75) is 38.7 Å². The van der Waals surface area contributed by atoms with Crippen molar-refractivity contribution in [1.82, 2.24) is 0 Å². The Morgan fingerprint density at radius 1 is 1.31 bits per heavy atom. The molecule has 2 bridgehead atoms. The van der Waals surface area contributed by atoms with Gasteiger partial charge in [-0.2, -0.15) is 0 Å². The van der Waals surface area contributed by atoms with E-state index < -0.39 is 0 Å². The molecule has 0 radical (unpaired) electrons. The standard InChI is InChI=1S/C12H18O/c1-12-7-3-5-9(11(12)13)8-4-2-6-10(8)12/h3,7-11,13H,2,4-6H2,1H3. The predicted octanol–water partition coefficient (Wildman–Crippen LogP) is 2.36. The second-order valence-electron chi connectivity index (χ2n) is 5.31. The van der Waals surface area contributed by atoms with E-state index in [-0.39, 0.29) is 11.5 Å². The molecule has 0 aliphatic heterocycles. The summed E-state index contributed by atoms with van der Waals surface area (Å²) in [5.74, 6) is 2.20. The van der Waals surface area contributed by atoms with Gasteiger partial charge < -0.3 is 5.11 Å². The molecular weight excluding hydrogens is 160 g/mol. The minimum atomic E-state index is -0.0483. The zero-order valence-electron chi connectivity index (χ0n) is 8.24. The molecule has 0 aromatic rings. The molecule has 0 aromatic carbocycles. The fraction of sp³-hybridized carbons (Fsp3) is 0.833. The molecule has 3 aliphatic rings. The minimum Gasteiger partial charge on any atom is -0.392 e.